The van der Waals surface area contributed by atoms with E-state index in [4.69, 9.17) is 9.47 Å². The van der Waals surface area contributed by atoms with Crippen molar-refractivity contribution >= 4 is 35.6 Å². The highest BCUT2D eigenvalue weighted by atomic mass is 32.2. The van der Waals surface area contributed by atoms with E-state index in [1.165, 1.54) is 0 Å². The molecule has 226 valence electrons. The van der Waals surface area contributed by atoms with Gasteiger partial charge in [0.1, 0.15) is 17.7 Å². The third-order valence-corrected chi connectivity index (χ3v) is 6.58. The van der Waals surface area contributed by atoms with Gasteiger partial charge in [0.2, 0.25) is 11.8 Å². The number of benzene rings is 1. The minimum Gasteiger partial charge on any atom is -0.466 e. The SMILES string of the molecule is CCCCCN(C(=O)C(CCSC)NC(=O)OC(C)(C)C)C(C(=O)NCCC(=O)OCC)c1cc(C)cc(C)c1. The second-order valence-corrected chi connectivity index (χ2v) is 11.9. The molecule has 2 atom stereocenters. The Morgan fingerprint density at radius 2 is 1.68 bits per heavy atom. The average Bonchev–Trinajstić information content (AvgIpc) is 2.84. The van der Waals surface area contributed by atoms with Crippen molar-refractivity contribution < 1.29 is 28.7 Å². The number of amides is 3. The van der Waals surface area contributed by atoms with Crippen LogP contribution < -0.4 is 10.6 Å². The Morgan fingerprint density at radius 1 is 1.02 bits per heavy atom. The van der Waals surface area contributed by atoms with Crippen molar-refractivity contribution in [3.8, 4) is 0 Å². The zero-order chi connectivity index (χ0) is 30.3. The lowest BCUT2D eigenvalue weighted by atomic mass is 9.97. The van der Waals surface area contributed by atoms with E-state index in [0.29, 0.717) is 30.7 Å². The molecule has 2 unspecified atom stereocenters. The van der Waals surface area contributed by atoms with Gasteiger partial charge < -0.3 is 25.0 Å². The van der Waals surface area contributed by atoms with Crippen LogP contribution in [0, 0.1) is 13.8 Å². The summed E-state index contributed by atoms with van der Waals surface area (Å²) in [7, 11) is 0. The number of thioether (sulfide) groups is 1. The second kappa shape index (κ2) is 17.8. The number of alkyl carbamates (subject to hydrolysis) is 1. The Bertz CT molecular complexity index is 958. The summed E-state index contributed by atoms with van der Waals surface area (Å²) >= 11 is 1.57. The molecule has 0 heterocycles. The summed E-state index contributed by atoms with van der Waals surface area (Å²) in [4.78, 5) is 54.1. The van der Waals surface area contributed by atoms with Crippen LogP contribution in [0.5, 0.6) is 0 Å². The minimum absolute atomic E-state index is 0.0273. The molecule has 0 radical (unpaired) electrons. The molecule has 0 bridgehead atoms. The average molecular weight is 580 g/mol. The van der Waals surface area contributed by atoms with Crippen molar-refractivity contribution in [2.45, 2.75) is 98.3 Å². The number of hydrogen-bond acceptors (Lipinski definition) is 7. The number of carbonyl (C=O) groups is 4. The summed E-state index contributed by atoms with van der Waals surface area (Å²) in [6.45, 7) is 13.7. The summed E-state index contributed by atoms with van der Waals surface area (Å²) in [5.74, 6) is -0.504. The number of nitrogens with zero attached hydrogens (tertiary/aromatic N) is 1. The van der Waals surface area contributed by atoms with Gasteiger partial charge in [0.05, 0.1) is 13.0 Å². The highest BCUT2D eigenvalue weighted by Gasteiger charge is 2.36. The van der Waals surface area contributed by atoms with Gasteiger partial charge >= 0.3 is 12.1 Å². The molecule has 1 aromatic rings. The van der Waals surface area contributed by atoms with E-state index in [0.717, 1.165) is 24.0 Å². The van der Waals surface area contributed by atoms with Crippen LogP contribution in [0.2, 0.25) is 0 Å². The third-order valence-electron chi connectivity index (χ3n) is 5.94. The van der Waals surface area contributed by atoms with E-state index >= 15 is 0 Å². The van der Waals surface area contributed by atoms with E-state index in [9.17, 15) is 19.2 Å². The summed E-state index contributed by atoms with van der Waals surface area (Å²) in [5.41, 5.74) is 1.88. The molecule has 2 N–H and O–H groups in total. The Labute approximate surface area is 244 Å². The van der Waals surface area contributed by atoms with Crippen molar-refractivity contribution in [2.24, 2.45) is 0 Å². The van der Waals surface area contributed by atoms with Crippen molar-refractivity contribution in [1.82, 2.24) is 15.5 Å². The normalized spacial score (nSPS) is 12.7. The number of carbonyl (C=O) groups excluding carboxylic acids is 4. The van der Waals surface area contributed by atoms with Crippen molar-refractivity contribution in [3.05, 3.63) is 34.9 Å². The van der Waals surface area contributed by atoms with Crippen molar-refractivity contribution in [2.75, 3.05) is 31.7 Å². The molecule has 1 aromatic carbocycles. The first-order valence-corrected chi connectivity index (χ1v) is 15.5. The Morgan fingerprint density at radius 3 is 2.23 bits per heavy atom. The quantitative estimate of drug-likeness (QED) is 0.207. The molecule has 0 aliphatic carbocycles. The lowest BCUT2D eigenvalue weighted by molar-refractivity contribution is -0.144. The molecule has 40 heavy (non-hydrogen) atoms. The Balaban J connectivity index is 3.47. The van der Waals surface area contributed by atoms with Crippen LogP contribution in [0.15, 0.2) is 18.2 Å². The van der Waals surface area contributed by atoms with Crippen LogP contribution in [0.1, 0.15) is 89.5 Å². The number of aryl methyl sites for hydroxylation is 2. The standard InChI is InChI=1S/C30H49N3O6S/c1-9-11-12-16-33(28(36)24(14-17-40-8)32-29(37)39-30(5,6)7)26(23-19-21(3)18-22(4)20-23)27(35)31-15-13-25(34)38-10-2/h18-20,24,26H,9-17H2,1-8H3,(H,31,35)(H,32,37). The molecule has 0 aromatic heterocycles. The maximum Gasteiger partial charge on any atom is 0.408 e. The molecule has 10 heteroatoms. The first kappa shape index (κ1) is 35.3. The number of esters is 1. The number of unbranched alkanes of at least 4 members (excludes halogenated alkanes) is 2. The van der Waals surface area contributed by atoms with Gasteiger partial charge in [-0.25, -0.2) is 4.79 Å². The first-order chi connectivity index (χ1) is 18.8. The van der Waals surface area contributed by atoms with Crippen LogP contribution in [-0.2, 0) is 23.9 Å². The van der Waals surface area contributed by atoms with Crippen LogP contribution in [-0.4, -0.2) is 72.1 Å². The van der Waals surface area contributed by atoms with Crippen LogP contribution in [0.25, 0.3) is 0 Å². The molecule has 0 aliphatic heterocycles. The smallest absolute Gasteiger partial charge is 0.408 e. The van der Waals surface area contributed by atoms with E-state index in [-0.39, 0.29) is 31.4 Å². The second-order valence-electron chi connectivity index (χ2n) is 10.9. The minimum atomic E-state index is -0.942. The number of nitrogens with one attached hydrogen (secondary N) is 2. The maximum atomic E-state index is 14.2. The van der Waals surface area contributed by atoms with Gasteiger partial charge in [-0.15, -0.1) is 0 Å². The molecule has 0 saturated heterocycles. The highest BCUT2D eigenvalue weighted by molar-refractivity contribution is 7.98. The lowest BCUT2D eigenvalue weighted by Gasteiger charge is -2.35. The van der Waals surface area contributed by atoms with E-state index < -0.39 is 29.7 Å². The fourth-order valence-corrected chi connectivity index (χ4v) is 4.77. The molecule has 0 saturated carbocycles. The molecular weight excluding hydrogens is 530 g/mol. The first-order valence-electron chi connectivity index (χ1n) is 14.1. The molecule has 1 rings (SSSR count). The fourth-order valence-electron chi connectivity index (χ4n) is 4.30. The zero-order valence-corrected chi connectivity index (χ0v) is 26.4. The molecule has 0 aliphatic rings. The number of hydrogen-bond donors (Lipinski definition) is 2. The van der Waals surface area contributed by atoms with Gasteiger partial charge in [0.25, 0.3) is 0 Å². The molecule has 9 nitrogen and oxygen atoms in total. The highest BCUT2D eigenvalue weighted by Crippen LogP contribution is 2.26. The van der Waals surface area contributed by atoms with Crippen molar-refractivity contribution in [1.29, 1.82) is 0 Å². The van der Waals surface area contributed by atoms with Gasteiger partial charge in [0, 0.05) is 13.1 Å². The third kappa shape index (κ3) is 13.1. The van der Waals surface area contributed by atoms with Gasteiger partial charge in [-0.1, -0.05) is 49.1 Å². The lowest BCUT2D eigenvalue weighted by Crippen LogP contribution is -2.53. The van der Waals surface area contributed by atoms with Gasteiger partial charge in [-0.05, 0) is 72.0 Å². The molecule has 0 spiro atoms. The molecule has 3 amide bonds. The Hall–Kier alpha value is -2.75. The van der Waals surface area contributed by atoms with E-state index in [2.05, 4.69) is 17.6 Å². The van der Waals surface area contributed by atoms with Gasteiger partial charge in [0.15, 0.2) is 0 Å². The summed E-state index contributed by atoms with van der Waals surface area (Å²) in [5, 5.41) is 5.60. The number of ether oxygens (including phenoxy) is 2. The molecule has 0 fully saturated rings. The van der Waals surface area contributed by atoms with Crippen LogP contribution >= 0.6 is 11.8 Å². The maximum absolute atomic E-state index is 14.2. The van der Waals surface area contributed by atoms with Crippen LogP contribution in [0.3, 0.4) is 0 Å². The van der Waals surface area contributed by atoms with E-state index in [1.807, 2.05) is 38.3 Å². The predicted octanol–water partition coefficient (Wildman–Crippen LogP) is 5.08. The van der Waals surface area contributed by atoms with Gasteiger partial charge in [-0.2, -0.15) is 11.8 Å². The summed E-state index contributed by atoms with van der Waals surface area (Å²) < 4.78 is 10.4. The van der Waals surface area contributed by atoms with Gasteiger partial charge in [-0.3, -0.25) is 14.4 Å². The molecular formula is C30H49N3O6S. The van der Waals surface area contributed by atoms with Crippen LogP contribution in [0.4, 0.5) is 4.79 Å². The fraction of sp³-hybridized carbons (Fsp3) is 0.667. The Kier molecular flexibility index (Phi) is 15.7. The summed E-state index contributed by atoms with van der Waals surface area (Å²) in [6.07, 6.45) is 4.18. The van der Waals surface area contributed by atoms with Crippen molar-refractivity contribution in [3.63, 3.8) is 0 Å². The monoisotopic (exact) mass is 579 g/mol. The zero-order valence-electron chi connectivity index (χ0n) is 25.6. The summed E-state index contributed by atoms with van der Waals surface area (Å²) in [6, 6.07) is 4.00. The number of rotatable bonds is 16. The predicted molar refractivity (Wildman–Crippen MR) is 160 cm³/mol. The van der Waals surface area contributed by atoms with E-state index in [1.54, 1.807) is 44.4 Å². The largest absolute Gasteiger partial charge is 0.466 e. The topological polar surface area (TPSA) is 114 Å².